The van der Waals surface area contributed by atoms with Gasteiger partial charge in [-0.1, -0.05) is 13.8 Å². The minimum atomic E-state index is 0.103. The molecule has 0 aromatic carbocycles. The summed E-state index contributed by atoms with van der Waals surface area (Å²) >= 11 is 3.33. The maximum Gasteiger partial charge on any atom is 0.270 e. The van der Waals surface area contributed by atoms with E-state index in [1.54, 1.807) is 6.20 Å². The van der Waals surface area contributed by atoms with Gasteiger partial charge in [-0.15, -0.1) is 0 Å². The number of carbonyl (C=O) groups excluding carboxylic acids is 1. The van der Waals surface area contributed by atoms with E-state index >= 15 is 0 Å². The van der Waals surface area contributed by atoms with Crippen LogP contribution in [0.25, 0.3) is 0 Å². The second kappa shape index (κ2) is 3.67. The minimum Gasteiger partial charge on any atom is -0.356 e. The second-order valence-electron chi connectivity index (χ2n) is 4.87. The van der Waals surface area contributed by atoms with Gasteiger partial charge in [0, 0.05) is 23.8 Å². The van der Waals surface area contributed by atoms with Crippen LogP contribution in [-0.2, 0) is 0 Å². The second-order valence-corrected chi connectivity index (χ2v) is 5.79. The highest BCUT2D eigenvalue weighted by atomic mass is 79.9. The molecule has 1 aromatic rings. The summed E-state index contributed by atoms with van der Waals surface area (Å²) in [7, 11) is 0. The molecule has 1 amide bonds. The van der Waals surface area contributed by atoms with Crippen molar-refractivity contribution in [3.8, 4) is 0 Å². The Morgan fingerprint density at radius 3 is 2.80 bits per heavy atom. The fourth-order valence-corrected chi connectivity index (χ4v) is 2.29. The minimum absolute atomic E-state index is 0.103. The van der Waals surface area contributed by atoms with Crippen molar-refractivity contribution in [2.24, 2.45) is 5.41 Å². The molecule has 0 aliphatic carbocycles. The third kappa shape index (κ3) is 2.25. The molecule has 2 heterocycles. The first kappa shape index (κ1) is 10.7. The molecular weight excluding hydrogens is 256 g/mol. The number of amides is 1. The Morgan fingerprint density at radius 2 is 2.33 bits per heavy atom. The predicted octanol–water partition coefficient (Wildman–Crippen LogP) is 2.65. The number of halogens is 1. The zero-order valence-corrected chi connectivity index (χ0v) is 10.6. The summed E-state index contributed by atoms with van der Waals surface area (Å²) in [5, 5.41) is 0. The highest BCUT2D eigenvalue weighted by molar-refractivity contribution is 9.10. The van der Waals surface area contributed by atoms with Crippen LogP contribution in [0.5, 0.6) is 0 Å². The number of carbonyl (C=O) groups is 1. The summed E-state index contributed by atoms with van der Waals surface area (Å²) in [5.74, 6) is 0.103. The van der Waals surface area contributed by atoms with Crippen LogP contribution in [-0.4, -0.2) is 28.9 Å². The molecule has 1 N–H and O–H groups in total. The van der Waals surface area contributed by atoms with Crippen molar-refractivity contribution < 1.29 is 4.79 Å². The molecule has 0 spiro atoms. The SMILES string of the molecule is CC1(C)CCN(C(=O)c2cc(Br)c[nH]2)C1. The van der Waals surface area contributed by atoms with Gasteiger partial charge in [0.25, 0.3) is 5.91 Å². The average Bonchev–Trinajstić information content (AvgIpc) is 2.71. The molecule has 2 rings (SSSR count). The molecule has 1 aromatic heterocycles. The van der Waals surface area contributed by atoms with Crippen molar-refractivity contribution in [1.82, 2.24) is 9.88 Å². The number of aromatic amines is 1. The summed E-state index contributed by atoms with van der Waals surface area (Å²) in [6, 6.07) is 1.83. The Hall–Kier alpha value is -0.770. The first-order valence-corrected chi connectivity index (χ1v) is 5.90. The van der Waals surface area contributed by atoms with E-state index in [1.165, 1.54) is 0 Å². The van der Waals surface area contributed by atoms with Crippen molar-refractivity contribution >= 4 is 21.8 Å². The van der Waals surface area contributed by atoms with Gasteiger partial charge in [0.05, 0.1) is 0 Å². The van der Waals surface area contributed by atoms with Gasteiger partial charge in [-0.3, -0.25) is 4.79 Å². The monoisotopic (exact) mass is 270 g/mol. The van der Waals surface area contributed by atoms with Gasteiger partial charge >= 0.3 is 0 Å². The van der Waals surface area contributed by atoms with Crippen LogP contribution < -0.4 is 0 Å². The number of hydrogen-bond acceptors (Lipinski definition) is 1. The van der Waals surface area contributed by atoms with Crippen LogP contribution in [0.1, 0.15) is 30.8 Å². The zero-order valence-electron chi connectivity index (χ0n) is 9.01. The number of rotatable bonds is 1. The molecule has 0 unspecified atom stereocenters. The lowest BCUT2D eigenvalue weighted by Gasteiger charge is -2.19. The van der Waals surface area contributed by atoms with Gasteiger partial charge in [0.1, 0.15) is 5.69 Å². The van der Waals surface area contributed by atoms with E-state index in [9.17, 15) is 4.79 Å². The lowest BCUT2D eigenvalue weighted by Crippen LogP contribution is -2.30. The summed E-state index contributed by atoms with van der Waals surface area (Å²) in [6.45, 7) is 6.11. The molecule has 1 fully saturated rings. The van der Waals surface area contributed by atoms with Crippen LogP contribution >= 0.6 is 15.9 Å². The van der Waals surface area contributed by atoms with Crippen LogP contribution in [0.4, 0.5) is 0 Å². The molecule has 4 heteroatoms. The highest BCUT2D eigenvalue weighted by Crippen LogP contribution is 2.29. The smallest absolute Gasteiger partial charge is 0.270 e. The number of H-pyrrole nitrogens is 1. The zero-order chi connectivity index (χ0) is 11.1. The number of hydrogen-bond donors (Lipinski definition) is 1. The van der Waals surface area contributed by atoms with Crippen molar-refractivity contribution in [3.05, 3.63) is 22.4 Å². The molecule has 1 aliphatic rings. The molecule has 0 radical (unpaired) electrons. The molecule has 0 saturated carbocycles. The number of nitrogens with zero attached hydrogens (tertiary/aromatic N) is 1. The quantitative estimate of drug-likeness (QED) is 0.837. The Kier molecular flexibility index (Phi) is 2.63. The third-order valence-electron chi connectivity index (χ3n) is 2.84. The van der Waals surface area contributed by atoms with Crippen LogP contribution in [0.3, 0.4) is 0 Å². The van der Waals surface area contributed by atoms with E-state index in [2.05, 4.69) is 34.8 Å². The Bertz CT molecular complexity index is 384. The summed E-state index contributed by atoms with van der Waals surface area (Å²) < 4.78 is 0.921. The molecule has 0 bridgehead atoms. The molecular formula is C11H15BrN2O. The fraction of sp³-hybridized carbons (Fsp3) is 0.545. The van der Waals surface area contributed by atoms with Crippen molar-refractivity contribution in [1.29, 1.82) is 0 Å². The van der Waals surface area contributed by atoms with E-state index in [1.807, 2.05) is 11.0 Å². The van der Waals surface area contributed by atoms with Gasteiger partial charge in [-0.05, 0) is 33.8 Å². The average molecular weight is 271 g/mol. The van der Waals surface area contributed by atoms with Crippen molar-refractivity contribution in [2.75, 3.05) is 13.1 Å². The highest BCUT2D eigenvalue weighted by Gasteiger charge is 2.32. The first-order valence-electron chi connectivity index (χ1n) is 5.11. The van der Waals surface area contributed by atoms with Gasteiger partial charge in [0.2, 0.25) is 0 Å². The molecule has 82 valence electrons. The summed E-state index contributed by atoms with van der Waals surface area (Å²) in [6.07, 6.45) is 2.87. The fourth-order valence-electron chi connectivity index (χ4n) is 1.95. The van der Waals surface area contributed by atoms with Gasteiger partial charge < -0.3 is 9.88 Å². The summed E-state index contributed by atoms with van der Waals surface area (Å²) in [5.41, 5.74) is 0.930. The Labute approximate surface area is 98.0 Å². The molecule has 3 nitrogen and oxygen atoms in total. The van der Waals surface area contributed by atoms with Gasteiger partial charge in [-0.25, -0.2) is 0 Å². The van der Waals surface area contributed by atoms with Gasteiger partial charge in [-0.2, -0.15) is 0 Å². The van der Waals surface area contributed by atoms with Crippen LogP contribution in [0.2, 0.25) is 0 Å². The van der Waals surface area contributed by atoms with Gasteiger partial charge in [0.15, 0.2) is 0 Å². The predicted molar refractivity (Wildman–Crippen MR) is 62.8 cm³/mol. The topological polar surface area (TPSA) is 36.1 Å². The normalized spacial score (nSPS) is 19.5. The summed E-state index contributed by atoms with van der Waals surface area (Å²) in [4.78, 5) is 16.9. The Morgan fingerprint density at radius 1 is 1.60 bits per heavy atom. The van der Waals surface area contributed by atoms with Crippen molar-refractivity contribution in [3.63, 3.8) is 0 Å². The number of aromatic nitrogens is 1. The van der Waals surface area contributed by atoms with Crippen LogP contribution in [0, 0.1) is 5.41 Å². The lowest BCUT2D eigenvalue weighted by molar-refractivity contribution is 0.0773. The third-order valence-corrected chi connectivity index (χ3v) is 3.30. The van der Waals surface area contributed by atoms with Crippen molar-refractivity contribution in [2.45, 2.75) is 20.3 Å². The van der Waals surface area contributed by atoms with E-state index in [4.69, 9.17) is 0 Å². The lowest BCUT2D eigenvalue weighted by atomic mass is 9.93. The Balaban J connectivity index is 2.10. The van der Waals surface area contributed by atoms with E-state index < -0.39 is 0 Å². The maximum absolute atomic E-state index is 12.0. The first-order chi connectivity index (χ1) is 6.98. The van der Waals surface area contributed by atoms with Crippen LogP contribution in [0.15, 0.2) is 16.7 Å². The molecule has 15 heavy (non-hydrogen) atoms. The maximum atomic E-state index is 12.0. The molecule has 1 saturated heterocycles. The standard InChI is InChI=1S/C11H15BrN2O/c1-11(2)3-4-14(7-11)10(15)9-5-8(12)6-13-9/h5-6,13H,3-4,7H2,1-2H3. The van der Waals surface area contributed by atoms with E-state index in [0.717, 1.165) is 24.0 Å². The number of likely N-dealkylation sites (tertiary alicyclic amines) is 1. The van der Waals surface area contributed by atoms with E-state index in [0.29, 0.717) is 5.69 Å². The van der Waals surface area contributed by atoms with E-state index in [-0.39, 0.29) is 11.3 Å². The molecule has 1 aliphatic heterocycles. The molecule has 0 atom stereocenters. The number of nitrogens with one attached hydrogen (secondary N) is 1. The largest absolute Gasteiger partial charge is 0.356 e.